The predicted molar refractivity (Wildman–Crippen MR) is 77.1 cm³/mol. The molecule has 0 radical (unpaired) electrons. The lowest BCUT2D eigenvalue weighted by atomic mass is 10.1. The van der Waals surface area contributed by atoms with Gasteiger partial charge in [-0.05, 0) is 38.0 Å². The van der Waals surface area contributed by atoms with Crippen LogP contribution in [0.2, 0.25) is 0 Å². The van der Waals surface area contributed by atoms with E-state index < -0.39 is 6.03 Å². The molecule has 1 aromatic carbocycles. The Kier molecular flexibility index (Phi) is 3.37. The summed E-state index contributed by atoms with van der Waals surface area (Å²) in [7, 11) is 0. The van der Waals surface area contributed by atoms with E-state index in [0.29, 0.717) is 11.3 Å². The lowest BCUT2D eigenvalue weighted by molar-refractivity contribution is -0.117. The summed E-state index contributed by atoms with van der Waals surface area (Å²) in [6.07, 6.45) is 2.05. The van der Waals surface area contributed by atoms with E-state index >= 15 is 0 Å². The molecule has 2 heterocycles. The first kappa shape index (κ1) is 13.6. The van der Waals surface area contributed by atoms with Gasteiger partial charge in [0.05, 0.1) is 0 Å². The van der Waals surface area contributed by atoms with Crippen molar-refractivity contribution in [2.75, 3.05) is 18.0 Å². The van der Waals surface area contributed by atoms with Crippen molar-refractivity contribution >= 4 is 23.5 Å². The molecule has 3 rings (SSSR count). The quantitative estimate of drug-likeness (QED) is 0.835. The Morgan fingerprint density at radius 1 is 1.33 bits per heavy atom. The van der Waals surface area contributed by atoms with Crippen molar-refractivity contribution in [3.05, 3.63) is 29.8 Å². The first-order chi connectivity index (χ1) is 10.1. The molecule has 2 aliphatic rings. The van der Waals surface area contributed by atoms with E-state index in [0.717, 1.165) is 19.4 Å². The predicted octanol–water partition coefficient (Wildman–Crippen LogP) is 1.37. The summed E-state index contributed by atoms with van der Waals surface area (Å²) in [5.74, 6) is -0.349. The summed E-state index contributed by atoms with van der Waals surface area (Å²) in [6, 6.07) is 6.68. The van der Waals surface area contributed by atoms with E-state index in [-0.39, 0.29) is 24.4 Å². The SMILES string of the molecule is C[C@@H]1CCCN1C(=O)c1cccc(N2CC(=O)NC2=O)c1. The Morgan fingerprint density at radius 2 is 2.14 bits per heavy atom. The zero-order chi connectivity index (χ0) is 15.0. The molecule has 0 spiro atoms. The average Bonchev–Trinajstić information content (AvgIpc) is 3.03. The number of carbonyl (C=O) groups is 3. The number of nitrogens with zero attached hydrogens (tertiary/aromatic N) is 2. The number of urea groups is 1. The minimum absolute atomic E-state index is 0.00338. The van der Waals surface area contributed by atoms with Crippen molar-refractivity contribution in [3.63, 3.8) is 0 Å². The molecule has 2 fully saturated rings. The number of benzene rings is 1. The number of anilines is 1. The molecule has 6 heteroatoms. The zero-order valence-electron chi connectivity index (χ0n) is 11.8. The van der Waals surface area contributed by atoms with E-state index in [2.05, 4.69) is 5.32 Å². The minimum atomic E-state index is -0.445. The molecule has 0 bridgehead atoms. The second-order valence-corrected chi connectivity index (χ2v) is 5.48. The van der Waals surface area contributed by atoms with Gasteiger partial charge >= 0.3 is 6.03 Å². The largest absolute Gasteiger partial charge is 0.336 e. The lowest BCUT2D eigenvalue weighted by Crippen LogP contribution is -2.34. The van der Waals surface area contributed by atoms with Gasteiger partial charge in [0, 0.05) is 23.8 Å². The van der Waals surface area contributed by atoms with Crippen LogP contribution in [0.1, 0.15) is 30.1 Å². The van der Waals surface area contributed by atoms with Crippen LogP contribution in [0.5, 0.6) is 0 Å². The molecular formula is C15H17N3O3. The molecule has 6 nitrogen and oxygen atoms in total. The maximum Gasteiger partial charge on any atom is 0.329 e. The van der Waals surface area contributed by atoms with Gasteiger partial charge in [-0.25, -0.2) is 4.79 Å². The van der Waals surface area contributed by atoms with Crippen molar-refractivity contribution in [2.24, 2.45) is 0 Å². The summed E-state index contributed by atoms with van der Waals surface area (Å²) >= 11 is 0. The second-order valence-electron chi connectivity index (χ2n) is 5.48. The van der Waals surface area contributed by atoms with Crippen LogP contribution in [-0.2, 0) is 4.79 Å². The highest BCUT2D eigenvalue weighted by molar-refractivity contribution is 6.12. The third-order valence-corrected chi connectivity index (χ3v) is 4.01. The summed E-state index contributed by atoms with van der Waals surface area (Å²) in [4.78, 5) is 38.6. The van der Waals surface area contributed by atoms with Gasteiger partial charge in [-0.1, -0.05) is 6.07 Å². The van der Waals surface area contributed by atoms with E-state index in [1.165, 1.54) is 4.90 Å². The molecule has 110 valence electrons. The Morgan fingerprint density at radius 3 is 2.76 bits per heavy atom. The fourth-order valence-corrected chi connectivity index (χ4v) is 2.86. The van der Waals surface area contributed by atoms with Gasteiger partial charge in [0.2, 0.25) is 5.91 Å². The number of amides is 4. The number of likely N-dealkylation sites (tertiary alicyclic amines) is 1. The number of rotatable bonds is 2. The standard InChI is InChI=1S/C15H17N3O3/c1-10-4-3-7-17(10)14(20)11-5-2-6-12(8-11)18-9-13(19)16-15(18)21/h2,5-6,8,10H,3-4,7,9H2,1H3,(H,16,19,21)/t10-/m1/s1. The van der Waals surface area contributed by atoms with E-state index in [9.17, 15) is 14.4 Å². The zero-order valence-corrected chi connectivity index (χ0v) is 11.8. The fourth-order valence-electron chi connectivity index (χ4n) is 2.86. The first-order valence-corrected chi connectivity index (χ1v) is 7.08. The monoisotopic (exact) mass is 287 g/mol. The molecule has 0 unspecified atom stereocenters. The molecule has 2 saturated heterocycles. The average molecular weight is 287 g/mol. The highest BCUT2D eigenvalue weighted by atomic mass is 16.2. The number of hydrogen-bond acceptors (Lipinski definition) is 3. The van der Waals surface area contributed by atoms with Crippen LogP contribution >= 0.6 is 0 Å². The van der Waals surface area contributed by atoms with E-state index in [4.69, 9.17) is 0 Å². The molecule has 1 N–H and O–H groups in total. The van der Waals surface area contributed by atoms with Gasteiger partial charge < -0.3 is 4.90 Å². The van der Waals surface area contributed by atoms with Crippen molar-refractivity contribution in [1.82, 2.24) is 10.2 Å². The van der Waals surface area contributed by atoms with Gasteiger partial charge in [-0.15, -0.1) is 0 Å². The topological polar surface area (TPSA) is 69.7 Å². The lowest BCUT2D eigenvalue weighted by Gasteiger charge is -2.22. The Hall–Kier alpha value is -2.37. The van der Waals surface area contributed by atoms with Crippen LogP contribution < -0.4 is 10.2 Å². The summed E-state index contributed by atoms with van der Waals surface area (Å²) in [6.45, 7) is 2.81. The maximum absolute atomic E-state index is 12.5. The van der Waals surface area contributed by atoms with Crippen LogP contribution in [-0.4, -0.2) is 41.9 Å². The summed E-state index contributed by atoms with van der Waals surface area (Å²) in [5.41, 5.74) is 1.12. The van der Waals surface area contributed by atoms with Crippen LogP contribution in [0.25, 0.3) is 0 Å². The molecule has 4 amide bonds. The van der Waals surface area contributed by atoms with E-state index in [1.54, 1.807) is 24.3 Å². The minimum Gasteiger partial charge on any atom is -0.336 e. The smallest absolute Gasteiger partial charge is 0.329 e. The maximum atomic E-state index is 12.5. The highest BCUT2D eigenvalue weighted by Crippen LogP contribution is 2.23. The number of nitrogens with one attached hydrogen (secondary N) is 1. The van der Waals surface area contributed by atoms with Gasteiger partial charge in [0.25, 0.3) is 5.91 Å². The molecule has 1 aromatic rings. The molecule has 21 heavy (non-hydrogen) atoms. The third-order valence-electron chi connectivity index (χ3n) is 4.01. The number of carbonyl (C=O) groups excluding carboxylic acids is 3. The normalized spacial score (nSPS) is 21.9. The van der Waals surface area contributed by atoms with Crippen molar-refractivity contribution in [3.8, 4) is 0 Å². The third kappa shape index (κ3) is 2.49. The molecule has 0 saturated carbocycles. The summed E-state index contributed by atoms with van der Waals surface area (Å²) in [5, 5.41) is 2.23. The van der Waals surface area contributed by atoms with E-state index in [1.807, 2.05) is 11.8 Å². The first-order valence-electron chi connectivity index (χ1n) is 7.08. The molecule has 0 aromatic heterocycles. The van der Waals surface area contributed by atoms with Crippen molar-refractivity contribution in [2.45, 2.75) is 25.8 Å². The second kappa shape index (κ2) is 5.20. The van der Waals surface area contributed by atoms with Crippen molar-refractivity contribution in [1.29, 1.82) is 0 Å². The fraction of sp³-hybridized carbons (Fsp3) is 0.400. The van der Waals surface area contributed by atoms with Crippen molar-refractivity contribution < 1.29 is 14.4 Å². The van der Waals surface area contributed by atoms with Crippen LogP contribution in [0.4, 0.5) is 10.5 Å². The Balaban J connectivity index is 1.85. The van der Waals surface area contributed by atoms with Gasteiger partial charge in [0.15, 0.2) is 0 Å². The number of imide groups is 1. The molecule has 2 aliphatic heterocycles. The molecule has 0 aliphatic carbocycles. The van der Waals surface area contributed by atoms with Crippen LogP contribution in [0.3, 0.4) is 0 Å². The van der Waals surface area contributed by atoms with Crippen LogP contribution in [0.15, 0.2) is 24.3 Å². The molecular weight excluding hydrogens is 270 g/mol. The summed E-state index contributed by atoms with van der Waals surface area (Å²) < 4.78 is 0. The van der Waals surface area contributed by atoms with Gasteiger partial charge in [-0.3, -0.25) is 19.8 Å². The molecule has 1 atom stereocenters. The number of hydrogen-bond donors (Lipinski definition) is 1. The van der Waals surface area contributed by atoms with Gasteiger partial charge in [-0.2, -0.15) is 0 Å². The highest BCUT2D eigenvalue weighted by Gasteiger charge is 2.30. The van der Waals surface area contributed by atoms with Gasteiger partial charge in [0.1, 0.15) is 6.54 Å². The Labute approximate surface area is 122 Å². The Bertz CT molecular complexity index is 614. The van der Waals surface area contributed by atoms with Crippen LogP contribution in [0, 0.1) is 0 Å².